The van der Waals surface area contributed by atoms with Crippen molar-refractivity contribution in [3.8, 4) is 28.7 Å². The third kappa shape index (κ3) is 4.16. The van der Waals surface area contributed by atoms with E-state index >= 15 is 0 Å². The lowest BCUT2D eigenvalue weighted by Gasteiger charge is -2.40. The Labute approximate surface area is 216 Å². The van der Waals surface area contributed by atoms with Gasteiger partial charge < -0.3 is 34.1 Å². The number of fused-ring (bicyclic) bond motifs is 3. The van der Waals surface area contributed by atoms with Crippen molar-refractivity contribution in [3.05, 3.63) is 71.3 Å². The molecular weight excluding hydrogens is 474 g/mol. The van der Waals surface area contributed by atoms with Crippen LogP contribution >= 0.6 is 0 Å². The monoisotopic (exact) mass is 505 g/mol. The van der Waals surface area contributed by atoms with Crippen molar-refractivity contribution in [1.82, 2.24) is 0 Å². The number of carbonyl (C=O) groups is 1. The Bertz CT molecular complexity index is 1270. The summed E-state index contributed by atoms with van der Waals surface area (Å²) in [5.74, 6) is 0.555. The molecule has 2 heterocycles. The highest BCUT2D eigenvalue weighted by Crippen LogP contribution is 2.56. The van der Waals surface area contributed by atoms with E-state index in [0.29, 0.717) is 18.1 Å². The highest BCUT2D eigenvalue weighted by Gasteiger charge is 2.52. The van der Waals surface area contributed by atoms with Crippen molar-refractivity contribution in [2.45, 2.75) is 25.8 Å². The van der Waals surface area contributed by atoms with Gasteiger partial charge in [0.1, 0.15) is 0 Å². The summed E-state index contributed by atoms with van der Waals surface area (Å²) in [4.78, 5) is 13.2. The molecule has 1 fully saturated rings. The molecule has 0 saturated carbocycles. The maximum absolute atomic E-state index is 13.2. The fourth-order valence-electron chi connectivity index (χ4n) is 5.55. The van der Waals surface area contributed by atoms with Gasteiger partial charge in [-0.15, -0.1) is 0 Å². The van der Waals surface area contributed by atoms with Crippen LogP contribution in [-0.2, 0) is 9.53 Å². The van der Waals surface area contributed by atoms with Gasteiger partial charge in [0.05, 0.1) is 32.8 Å². The lowest BCUT2D eigenvalue weighted by molar-refractivity contribution is -0.141. The lowest BCUT2D eigenvalue weighted by atomic mass is 9.65. The number of phenolic OH excluding ortho intramolecular Hbond substituents is 1. The van der Waals surface area contributed by atoms with Crippen LogP contribution in [0.15, 0.2) is 54.6 Å². The molecule has 1 aliphatic carbocycles. The summed E-state index contributed by atoms with van der Waals surface area (Å²) < 4.78 is 27.9. The van der Waals surface area contributed by atoms with Gasteiger partial charge in [0, 0.05) is 17.5 Å². The van der Waals surface area contributed by atoms with Crippen LogP contribution in [0.3, 0.4) is 0 Å². The number of anilines is 1. The maximum atomic E-state index is 13.2. The second-order valence-electron chi connectivity index (χ2n) is 8.89. The molecule has 1 saturated heterocycles. The molecule has 2 N–H and O–H groups in total. The highest BCUT2D eigenvalue weighted by molar-refractivity contribution is 5.79. The van der Waals surface area contributed by atoms with Gasteiger partial charge in [-0.25, -0.2) is 0 Å². The van der Waals surface area contributed by atoms with Crippen LogP contribution in [0.2, 0.25) is 0 Å². The number of cyclic esters (lactones) is 1. The topological polar surface area (TPSA) is 95.5 Å². The van der Waals surface area contributed by atoms with E-state index in [-0.39, 0.29) is 47.9 Å². The van der Waals surface area contributed by atoms with E-state index in [1.807, 2.05) is 56.3 Å². The van der Waals surface area contributed by atoms with Crippen molar-refractivity contribution in [2.75, 3.05) is 32.9 Å². The molecule has 8 heteroatoms. The number of aromatic hydroxyl groups is 1. The van der Waals surface area contributed by atoms with Crippen LogP contribution in [-0.4, -0.2) is 38.7 Å². The number of benzene rings is 3. The molecule has 8 nitrogen and oxygen atoms in total. The van der Waals surface area contributed by atoms with E-state index in [2.05, 4.69) is 5.32 Å². The van der Waals surface area contributed by atoms with E-state index < -0.39 is 5.92 Å². The van der Waals surface area contributed by atoms with Gasteiger partial charge in [0.2, 0.25) is 12.5 Å². The summed E-state index contributed by atoms with van der Waals surface area (Å²) in [7, 11) is 2.97. The second kappa shape index (κ2) is 10.1. The smallest absolute Gasteiger partial charge is 0.310 e. The first-order valence-electron chi connectivity index (χ1n) is 12.5. The Morgan fingerprint density at radius 3 is 2.14 bits per heavy atom. The van der Waals surface area contributed by atoms with Gasteiger partial charge >= 0.3 is 5.97 Å². The maximum Gasteiger partial charge on any atom is 0.310 e. The Balaban J connectivity index is 0.00000137. The Morgan fingerprint density at radius 1 is 0.892 bits per heavy atom. The SMILES string of the molecule is CC.COc1cc([C@@H]2c3cc4c(cc3C(Nc3ccccc3)[C@H]3COC(=O)[C@H]23)OCO4)cc(OC)c1O. The van der Waals surface area contributed by atoms with Gasteiger partial charge in [-0.3, -0.25) is 4.79 Å². The van der Waals surface area contributed by atoms with Gasteiger partial charge in [0.15, 0.2) is 23.0 Å². The molecule has 0 bridgehead atoms. The molecule has 3 aromatic rings. The minimum atomic E-state index is -0.456. The molecule has 0 radical (unpaired) electrons. The van der Waals surface area contributed by atoms with Crippen LogP contribution in [0, 0.1) is 11.8 Å². The van der Waals surface area contributed by atoms with E-state index in [1.165, 1.54) is 14.2 Å². The Kier molecular flexibility index (Phi) is 6.74. The normalized spacial score (nSPS) is 22.6. The van der Waals surface area contributed by atoms with Crippen LogP contribution < -0.4 is 24.3 Å². The van der Waals surface area contributed by atoms with Gasteiger partial charge in [-0.1, -0.05) is 32.0 Å². The van der Waals surface area contributed by atoms with E-state index in [1.54, 1.807) is 12.1 Å². The molecule has 2 aliphatic heterocycles. The zero-order valence-corrected chi connectivity index (χ0v) is 21.3. The fraction of sp³-hybridized carbons (Fsp3) is 0.345. The molecule has 0 amide bonds. The number of hydrogen-bond acceptors (Lipinski definition) is 8. The second-order valence-corrected chi connectivity index (χ2v) is 8.89. The van der Waals surface area contributed by atoms with Crippen molar-refractivity contribution in [2.24, 2.45) is 11.8 Å². The van der Waals surface area contributed by atoms with E-state index in [0.717, 1.165) is 22.4 Å². The van der Waals surface area contributed by atoms with Crippen molar-refractivity contribution in [1.29, 1.82) is 0 Å². The van der Waals surface area contributed by atoms with Gasteiger partial charge in [-0.2, -0.15) is 0 Å². The van der Waals surface area contributed by atoms with Crippen molar-refractivity contribution < 1.29 is 33.6 Å². The third-order valence-corrected chi connectivity index (χ3v) is 7.14. The first-order valence-corrected chi connectivity index (χ1v) is 12.5. The number of phenols is 1. The lowest BCUT2D eigenvalue weighted by Crippen LogP contribution is -2.37. The summed E-state index contributed by atoms with van der Waals surface area (Å²) in [6.45, 7) is 4.44. The number of rotatable bonds is 5. The molecule has 0 spiro atoms. The standard InChI is InChI=1S/C27H25NO7.C2H6/c1-31-21-8-14(9-22(32-2)26(21)29)23-16-10-19-20(35-13-34-19)11-17(16)25(18-12-33-27(30)24(18)23)28-15-6-4-3-5-7-15;1-2/h3-11,18,23-25,28-29H,12-13H2,1-2H3;1-2H3/t18-,23+,24-,25?;/m0./s1. The molecule has 3 aromatic carbocycles. The van der Waals surface area contributed by atoms with Crippen LogP contribution in [0.1, 0.15) is 42.5 Å². The van der Waals surface area contributed by atoms with E-state index in [4.69, 9.17) is 23.7 Å². The minimum absolute atomic E-state index is 0.0883. The number of para-hydroxylation sites is 1. The predicted molar refractivity (Wildman–Crippen MR) is 138 cm³/mol. The summed E-state index contributed by atoms with van der Waals surface area (Å²) >= 11 is 0. The highest BCUT2D eigenvalue weighted by atomic mass is 16.7. The number of hydrogen-bond donors (Lipinski definition) is 2. The molecule has 3 aliphatic rings. The van der Waals surface area contributed by atoms with Crippen LogP contribution in [0.5, 0.6) is 28.7 Å². The number of nitrogens with one attached hydrogen (secondary N) is 1. The molecule has 37 heavy (non-hydrogen) atoms. The first-order chi connectivity index (χ1) is 18.1. The molecule has 0 aromatic heterocycles. The largest absolute Gasteiger partial charge is 0.502 e. The average molecular weight is 506 g/mol. The summed E-state index contributed by atoms with van der Waals surface area (Å²) in [6, 6.07) is 17.2. The van der Waals surface area contributed by atoms with Crippen molar-refractivity contribution >= 4 is 11.7 Å². The summed E-state index contributed by atoms with van der Waals surface area (Å²) in [5, 5.41) is 14.1. The molecule has 194 valence electrons. The number of carbonyl (C=O) groups excluding carboxylic acids is 1. The number of ether oxygens (including phenoxy) is 5. The van der Waals surface area contributed by atoms with Crippen molar-refractivity contribution in [3.63, 3.8) is 0 Å². The molecular formula is C29H31NO7. The first kappa shape index (κ1) is 24.6. The van der Waals surface area contributed by atoms with E-state index in [9.17, 15) is 9.90 Å². The van der Waals surface area contributed by atoms with Gasteiger partial charge in [-0.05, 0) is 53.1 Å². The molecule has 1 unspecified atom stereocenters. The number of methoxy groups -OCH3 is 2. The predicted octanol–water partition coefficient (Wildman–Crippen LogP) is 5.25. The molecule has 4 atom stereocenters. The zero-order valence-electron chi connectivity index (χ0n) is 21.3. The van der Waals surface area contributed by atoms with Crippen LogP contribution in [0.4, 0.5) is 5.69 Å². The molecule has 6 rings (SSSR count). The van der Waals surface area contributed by atoms with Gasteiger partial charge in [0.25, 0.3) is 0 Å². The Hall–Kier alpha value is -4.07. The summed E-state index contributed by atoms with van der Waals surface area (Å²) in [5.41, 5.74) is 3.67. The summed E-state index contributed by atoms with van der Waals surface area (Å²) in [6.07, 6.45) is 0. The zero-order chi connectivity index (χ0) is 26.1. The minimum Gasteiger partial charge on any atom is -0.502 e. The fourth-order valence-corrected chi connectivity index (χ4v) is 5.55. The number of esters is 1. The quantitative estimate of drug-likeness (QED) is 0.454. The average Bonchev–Trinajstić information content (AvgIpc) is 3.56. The van der Waals surface area contributed by atoms with Crippen LogP contribution in [0.25, 0.3) is 0 Å². The Morgan fingerprint density at radius 2 is 1.51 bits per heavy atom. The third-order valence-electron chi connectivity index (χ3n) is 7.14.